The maximum Gasteiger partial charge on any atom is 0.321 e. The SMILES string of the molecule is CC(C)CNC(=O)NC(=O)CSc1nnc(Nc2cccc(Br)c2)s1. The molecule has 0 saturated heterocycles. The number of anilines is 2. The van der Waals surface area contributed by atoms with Gasteiger partial charge in [-0.15, -0.1) is 10.2 Å². The second-order valence-electron chi connectivity index (χ2n) is 5.45. The molecule has 3 N–H and O–H groups in total. The molecule has 1 aromatic heterocycles. The van der Waals surface area contributed by atoms with E-state index in [0.717, 1.165) is 10.2 Å². The Labute approximate surface area is 162 Å². The lowest BCUT2D eigenvalue weighted by Gasteiger charge is -2.07. The van der Waals surface area contributed by atoms with Crippen molar-refractivity contribution in [3.8, 4) is 0 Å². The first-order valence-electron chi connectivity index (χ1n) is 7.49. The van der Waals surface area contributed by atoms with Crippen LogP contribution in [0.4, 0.5) is 15.6 Å². The summed E-state index contributed by atoms with van der Waals surface area (Å²) < 4.78 is 1.61. The molecule has 0 fully saturated rings. The van der Waals surface area contributed by atoms with E-state index in [1.165, 1.54) is 23.1 Å². The van der Waals surface area contributed by atoms with Crippen molar-refractivity contribution in [2.24, 2.45) is 5.92 Å². The fourth-order valence-electron chi connectivity index (χ4n) is 1.64. The number of rotatable bonds is 7. The molecular weight excluding hydrogens is 426 g/mol. The Morgan fingerprint density at radius 2 is 2.12 bits per heavy atom. The van der Waals surface area contributed by atoms with Crippen molar-refractivity contribution in [2.45, 2.75) is 18.2 Å². The average molecular weight is 444 g/mol. The van der Waals surface area contributed by atoms with Crippen LogP contribution in [0.1, 0.15) is 13.8 Å². The molecule has 0 spiro atoms. The van der Waals surface area contributed by atoms with Crippen LogP contribution in [-0.2, 0) is 4.79 Å². The smallest absolute Gasteiger partial charge is 0.321 e. The third-order valence-electron chi connectivity index (χ3n) is 2.73. The minimum absolute atomic E-state index is 0.0978. The van der Waals surface area contributed by atoms with Gasteiger partial charge in [-0.1, -0.05) is 58.9 Å². The molecule has 0 aliphatic carbocycles. The number of thioether (sulfide) groups is 1. The van der Waals surface area contributed by atoms with Crippen LogP contribution in [0.15, 0.2) is 33.1 Å². The highest BCUT2D eigenvalue weighted by Gasteiger charge is 2.11. The zero-order valence-corrected chi connectivity index (χ0v) is 16.9. The highest BCUT2D eigenvalue weighted by Crippen LogP contribution is 2.28. The zero-order valence-electron chi connectivity index (χ0n) is 13.7. The topological polar surface area (TPSA) is 96.0 Å². The molecule has 1 aromatic carbocycles. The summed E-state index contributed by atoms with van der Waals surface area (Å²) >= 11 is 5.98. The summed E-state index contributed by atoms with van der Waals surface area (Å²) in [6.45, 7) is 4.48. The molecule has 1 heterocycles. The largest absolute Gasteiger partial charge is 0.338 e. The van der Waals surface area contributed by atoms with Gasteiger partial charge in [0.25, 0.3) is 0 Å². The Hall–Kier alpha value is -1.65. The number of imide groups is 1. The maximum absolute atomic E-state index is 11.7. The number of benzene rings is 1. The molecule has 0 unspecified atom stereocenters. The van der Waals surface area contributed by atoms with E-state index < -0.39 is 6.03 Å². The van der Waals surface area contributed by atoms with Gasteiger partial charge >= 0.3 is 6.03 Å². The summed E-state index contributed by atoms with van der Waals surface area (Å²) in [5.74, 6) is 0.0522. The number of halogens is 1. The van der Waals surface area contributed by atoms with Gasteiger partial charge in [0, 0.05) is 16.7 Å². The van der Waals surface area contributed by atoms with E-state index in [-0.39, 0.29) is 11.7 Å². The molecular formula is C15H18BrN5O2S2. The van der Waals surface area contributed by atoms with Crippen LogP contribution in [0.3, 0.4) is 0 Å². The summed E-state index contributed by atoms with van der Waals surface area (Å²) in [6.07, 6.45) is 0. The second-order valence-corrected chi connectivity index (χ2v) is 8.56. The van der Waals surface area contributed by atoms with Crippen molar-refractivity contribution < 1.29 is 9.59 Å². The van der Waals surface area contributed by atoms with Gasteiger partial charge in [0.15, 0.2) is 4.34 Å². The predicted octanol–water partition coefficient (Wildman–Crippen LogP) is 3.62. The molecule has 0 radical (unpaired) electrons. The Balaban J connectivity index is 1.77. The number of hydrogen-bond acceptors (Lipinski definition) is 7. The number of amides is 3. The molecule has 0 aliphatic rings. The van der Waals surface area contributed by atoms with Gasteiger partial charge < -0.3 is 10.6 Å². The van der Waals surface area contributed by atoms with Gasteiger partial charge in [-0.05, 0) is 24.1 Å². The van der Waals surface area contributed by atoms with E-state index in [2.05, 4.69) is 42.1 Å². The first-order valence-corrected chi connectivity index (χ1v) is 10.1. The number of urea groups is 1. The number of hydrogen-bond donors (Lipinski definition) is 3. The summed E-state index contributed by atoms with van der Waals surface area (Å²) in [5.41, 5.74) is 0.890. The minimum Gasteiger partial charge on any atom is -0.338 e. The first-order chi connectivity index (χ1) is 11.9. The van der Waals surface area contributed by atoms with Crippen LogP contribution in [0.25, 0.3) is 0 Å². The molecule has 7 nitrogen and oxygen atoms in total. The quantitative estimate of drug-likeness (QED) is 0.565. The van der Waals surface area contributed by atoms with Crippen LogP contribution < -0.4 is 16.0 Å². The van der Waals surface area contributed by atoms with Gasteiger partial charge in [0.05, 0.1) is 5.75 Å². The normalized spacial score (nSPS) is 10.6. The van der Waals surface area contributed by atoms with Crippen LogP contribution in [0.2, 0.25) is 0 Å². The van der Waals surface area contributed by atoms with Gasteiger partial charge in [-0.2, -0.15) is 0 Å². The average Bonchev–Trinajstić information content (AvgIpc) is 2.98. The van der Waals surface area contributed by atoms with Crippen LogP contribution >= 0.6 is 39.0 Å². The van der Waals surface area contributed by atoms with Crippen molar-refractivity contribution in [3.05, 3.63) is 28.7 Å². The molecule has 0 aliphatic heterocycles. The Morgan fingerprint density at radius 3 is 2.84 bits per heavy atom. The predicted molar refractivity (Wildman–Crippen MR) is 104 cm³/mol. The third kappa shape index (κ3) is 7.41. The van der Waals surface area contributed by atoms with E-state index in [1.807, 2.05) is 38.1 Å². The number of aromatic nitrogens is 2. The summed E-state index contributed by atoms with van der Waals surface area (Å²) in [6, 6.07) is 7.22. The van der Waals surface area contributed by atoms with Gasteiger partial charge in [0.2, 0.25) is 11.0 Å². The fraction of sp³-hybridized carbons (Fsp3) is 0.333. The summed E-state index contributed by atoms with van der Waals surface area (Å²) in [4.78, 5) is 23.3. The minimum atomic E-state index is -0.478. The second kappa shape index (κ2) is 9.73. The summed E-state index contributed by atoms with van der Waals surface area (Å²) in [7, 11) is 0. The molecule has 2 aromatic rings. The molecule has 25 heavy (non-hydrogen) atoms. The summed E-state index contributed by atoms with van der Waals surface area (Å²) in [5, 5.41) is 16.8. The fourth-order valence-corrected chi connectivity index (χ4v) is 3.61. The Morgan fingerprint density at radius 1 is 1.32 bits per heavy atom. The van der Waals surface area contributed by atoms with E-state index in [0.29, 0.717) is 21.9 Å². The van der Waals surface area contributed by atoms with Crippen LogP contribution in [0, 0.1) is 5.92 Å². The van der Waals surface area contributed by atoms with E-state index >= 15 is 0 Å². The number of nitrogens with one attached hydrogen (secondary N) is 3. The van der Waals surface area contributed by atoms with Crippen molar-refractivity contribution in [1.29, 1.82) is 0 Å². The zero-order chi connectivity index (χ0) is 18.2. The van der Waals surface area contributed by atoms with Crippen molar-refractivity contribution in [3.63, 3.8) is 0 Å². The lowest BCUT2D eigenvalue weighted by atomic mass is 10.2. The highest BCUT2D eigenvalue weighted by molar-refractivity contribution is 9.10. The van der Waals surface area contributed by atoms with Crippen LogP contribution in [-0.4, -0.2) is 34.4 Å². The number of carbonyl (C=O) groups excluding carboxylic acids is 2. The van der Waals surface area contributed by atoms with E-state index in [1.54, 1.807) is 0 Å². The van der Waals surface area contributed by atoms with Gasteiger partial charge in [-0.25, -0.2) is 4.79 Å². The van der Waals surface area contributed by atoms with Gasteiger partial charge in [-0.3, -0.25) is 10.1 Å². The third-order valence-corrected chi connectivity index (χ3v) is 5.20. The molecule has 0 saturated carbocycles. The molecule has 0 atom stereocenters. The standard InChI is InChI=1S/C15H18BrN5O2S2/c1-9(2)7-17-13(23)19-12(22)8-24-15-21-20-14(25-15)18-11-5-3-4-10(16)6-11/h3-6,9H,7-8H2,1-2H3,(H,18,20)(H2,17,19,22,23). The lowest BCUT2D eigenvalue weighted by Crippen LogP contribution is -2.41. The Bertz CT molecular complexity index is 738. The molecule has 10 heteroatoms. The van der Waals surface area contributed by atoms with Crippen molar-refractivity contribution in [1.82, 2.24) is 20.8 Å². The molecule has 2 rings (SSSR count). The maximum atomic E-state index is 11.7. The highest BCUT2D eigenvalue weighted by atomic mass is 79.9. The van der Waals surface area contributed by atoms with Gasteiger partial charge in [0.1, 0.15) is 0 Å². The van der Waals surface area contributed by atoms with Crippen molar-refractivity contribution >= 4 is 61.8 Å². The molecule has 134 valence electrons. The monoisotopic (exact) mass is 443 g/mol. The number of carbonyl (C=O) groups is 2. The first kappa shape index (κ1) is 19.7. The molecule has 3 amide bonds. The molecule has 0 bridgehead atoms. The van der Waals surface area contributed by atoms with Crippen LogP contribution in [0.5, 0.6) is 0 Å². The van der Waals surface area contributed by atoms with E-state index in [4.69, 9.17) is 0 Å². The lowest BCUT2D eigenvalue weighted by molar-refractivity contribution is -0.117. The number of nitrogens with zero attached hydrogens (tertiary/aromatic N) is 2. The van der Waals surface area contributed by atoms with E-state index in [9.17, 15) is 9.59 Å². The Kier molecular flexibility index (Phi) is 7.66. The van der Waals surface area contributed by atoms with Crippen molar-refractivity contribution in [2.75, 3.05) is 17.6 Å².